The molecule has 0 spiro atoms. The molecule has 1 aliphatic carbocycles. The summed E-state index contributed by atoms with van der Waals surface area (Å²) in [7, 11) is 5.42. The topological polar surface area (TPSA) is 59.4 Å². The molecule has 2 aromatic heterocycles. The van der Waals surface area contributed by atoms with E-state index in [-0.39, 0.29) is 17.3 Å². The number of likely N-dealkylation sites (N-methyl/N-ethyl adjacent to an activating group) is 1. The zero-order valence-electron chi connectivity index (χ0n) is 20.2. The monoisotopic (exact) mass is 540 g/mol. The number of rotatable bonds is 6. The Morgan fingerprint density at radius 1 is 1.22 bits per heavy atom. The van der Waals surface area contributed by atoms with Crippen LogP contribution in [0.4, 0.5) is 18.0 Å². The molecule has 1 fully saturated rings. The van der Waals surface area contributed by atoms with Gasteiger partial charge in [0.1, 0.15) is 11.4 Å². The Kier molecular flexibility index (Phi) is 7.68. The van der Waals surface area contributed by atoms with Crippen molar-refractivity contribution < 1.29 is 22.7 Å². The summed E-state index contributed by atoms with van der Waals surface area (Å²) in [5.74, 6) is 0. The highest BCUT2D eigenvalue weighted by Gasteiger charge is 2.38. The van der Waals surface area contributed by atoms with Crippen LogP contribution in [0.15, 0.2) is 42.5 Å². The van der Waals surface area contributed by atoms with E-state index in [9.17, 15) is 18.0 Å². The van der Waals surface area contributed by atoms with Crippen molar-refractivity contribution in [1.82, 2.24) is 20.0 Å². The van der Waals surface area contributed by atoms with E-state index in [1.807, 2.05) is 12.1 Å². The van der Waals surface area contributed by atoms with Gasteiger partial charge in [-0.1, -0.05) is 35.1 Å². The van der Waals surface area contributed by atoms with Crippen molar-refractivity contribution in [3.63, 3.8) is 0 Å². The number of alkyl halides is 3. The normalized spacial score (nSPS) is 20.5. The second kappa shape index (κ2) is 10.4. The summed E-state index contributed by atoms with van der Waals surface area (Å²) >= 11 is 7.10. The van der Waals surface area contributed by atoms with Crippen LogP contribution in [0.2, 0.25) is 5.02 Å². The molecular formula is C25H28ClF3N4O2S. The summed E-state index contributed by atoms with van der Waals surface area (Å²) in [5, 5.41) is 7.88. The third-order valence-electron chi connectivity index (χ3n) is 6.83. The van der Waals surface area contributed by atoms with Gasteiger partial charge in [-0.2, -0.15) is 18.3 Å². The molecule has 6 nitrogen and oxygen atoms in total. The third-order valence-corrected chi connectivity index (χ3v) is 8.07. The second-order valence-electron chi connectivity index (χ2n) is 9.39. The number of carbonyl (C=O) groups excluding carboxylic acids is 1. The van der Waals surface area contributed by atoms with Crippen LogP contribution in [-0.2, 0) is 19.6 Å². The van der Waals surface area contributed by atoms with Gasteiger partial charge in [0.25, 0.3) is 0 Å². The van der Waals surface area contributed by atoms with Crippen LogP contribution >= 0.6 is 22.9 Å². The number of benzene rings is 1. The molecule has 0 unspecified atom stereocenters. The molecule has 4 rings (SSSR count). The molecule has 0 radical (unpaired) electrons. The Balaban J connectivity index is 1.33. The Labute approximate surface area is 217 Å². The molecule has 11 heteroatoms. The van der Waals surface area contributed by atoms with E-state index in [1.54, 1.807) is 12.1 Å². The first-order valence-corrected chi connectivity index (χ1v) is 12.8. The standard InChI is InChI=1S/C25H28ClF3N4O2S/c1-32(2)24(15-16-4-6-17(26)7-5-16)12-10-18(11-13-24)30-23(34)35-22-9-8-20(36-22)19-14-21(25(27,28)29)33(3)31-19/h4-9,14,18H,10-13,15H2,1-3H3,(H,30,34). The lowest BCUT2D eigenvalue weighted by atomic mass is 9.75. The van der Waals surface area contributed by atoms with Crippen molar-refractivity contribution in [1.29, 1.82) is 0 Å². The fraction of sp³-hybridized carbons (Fsp3) is 0.440. The maximum atomic E-state index is 13.1. The summed E-state index contributed by atoms with van der Waals surface area (Å²) in [6.07, 6.45) is -0.711. The maximum Gasteiger partial charge on any atom is 0.433 e. The SMILES string of the molecule is CN(C)C1(Cc2ccc(Cl)cc2)CCC(NC(=O)Oc2ccc(-c3cc(C(F)(F)F)n(C)n3)s2)CC1. The van der Waals surface area contributed by atoms with Crippen molar-refractivity contribution in [2.24, 2.45) is 7.05 Å². The second-order valence-corrected chi connectivity index (χ2v) is 10.9. The fourth-order valence-electron chi connectivity index (χ4n) is 4.72. The van der Waals surface area contributed by atoms with Gasteiger partial charge in [0, 0.05) is 23.7 Å². The molecule has 1 amide bonds. The Morgan fingerprint density at radius 2 is 1.89 bits per heavy atom. The van der Waals surface area contributed by atoms with Crippen LogP contribution in [0, 0.1) is 0 Å². The highest BCUT2D eigenvalue weighted by molar-refractivity contribution is 7.17. The average Bonchev–Trinajstić information content (AvgIpc) is 3.43. The Morgan fingerprint density at radius 3 is 2.47 bits per heavy atom. The van der Waals surface area contributed by atoms with Gasteiger partial charge in [0.05, 0.1) is 4.88 Å². The number of nitrogens with one attached hydrogen (secondary N) is 1. The number of carbonyl (C=O) groups is 1. The zero-order chi connectivity index (χ0) is 26.1. The van der Waals surface area contributed by atoms with Gasteiger partial charge in [0.2, 0.25) is 0 Å². The smallest absolute Gasteiger partial charge is 0.399 e. The van der Waals surface area contributed by atoms with Gasteiger partial charge in [-0.3, -0.25) is 4.68 Å². The van der Waals surface area contributed by atoms with Gasteiger partial charge in [-0.25, -0.2) is 4.79 Å². The van der Waals surface area contributed by atoms with Gasteiger partial charge >= 0.3 is 12.3 Å². The van der Waals surface area contributed by atoms with Crippen molar-refractivity contribution in [2.75, 3.05) is 14.1 Å². The van der Waals surface area contributed by atoms with E-state index in [0.29, 0.717) is 15.0 Å². The molecule has 0 atom stereocenters. The predicted molar refractivity (Wildman–Crippen MR) is 135 cm³/mol. The third kappa shape index (κ3) is 6.04. The molecular weight excluding hydrogens is 513 g/mol. The van der Waals surface area contributed by atoms with Crippen LogP contribution in [0.5, 0.6) is 5.06 Å². The van der Waals surface area contributed by atoms with Gasteiger partial charge in [-0.15, -0.1) is 0 Å². The molecule has 1 N–H and O–H groups in total. The number of halogens is 4. The average molecular weight is 541 g/mol. The van der Waals surface area contributed by atoms with Crippen molar-refractivity contribution >= 4 is 29.0 Å². The molecule has 1 aliphatic rings. The van der Waals surface area contributed by atoms with E-state index in [0.717, 1.165) is 54.2 Å². The van der Waals surface area contributed by atoms with E-state index in [1.165, 1.54) is 12.6 Å². The zero-order valence-corrected chi connectivity index (χ0v) is 21.8. The lowest BCUT2D eigenvalue weighted by Crippen LogP contribution is -2.52. The molecule has 0 saturated heterocycles. The summed E-state index contributed by atoms with van der Waals surface area (Å²) < 4.78 is 45.4. The minimum Gasteiger partial charge on any atom is -0.399 e. The number of hydrogen-bond acceptors (Lipinski definition) is 5. The lowest BCUT2D eigenvalue weighted by molar-refractivity contribution is -0.143. The largest absolute Gasteiger partial charge is 0.433 e. The molecule has 0 aliphatic heterocycles. The fourth-order valence-corrected chi connectivity index (χ4v) is 5.65. The van der Waals surface area contributed by atoms with Gasteiger partial charge in [-0.05, 0) is 82.1 Å². The minimum atomic E-state index is -4.49. The first-order chi connectivity index (χ1) is 16.9. The first kappa shape index (κ1) is 26.5. The van der Waals surface area contributed by atoms with Crippen LogP contribution in [0.25, 0.3) is 10.6 Å². The van der Waals surface area contributed by atoms with Crippen LogP contribution < -0.4 is 10.1 Å². The number of thiophene rings is 1. The van der Waals surface area contributed by atoms with Crippen molar-refractivity contribution in [2.45, 2.75) is 49.9 Å². The molecule has 1 saturated carbocycles. The van der Waals surface area contributed by atoms with Crippen molar-refractivity contribution in [3.8, 4) is 15.6 Å². The maximum absolute atomic E-state index is 13.1. The molecule has 1 aromatic carbocycles. The summed E-state index contributed by atoms with van der Waals surface area (Å²) in [5.41, 5.74) is 0.560. The van der Waals surface area contributed by atoms with Crippen LogP contribution in [0.1, 0.15) is 36.9 Å². The van der Waals surface area contributed by atoms with Crippen LogP contribution in [0.3, 0.4) is 0 Å². The number of ether oxygens (including phenoxy) is 1. The summed E-state index contributed by atoms with van der Waals surface area (Å²) in [6, 6.07) is 12.0. The van der Waals surface area contributed by atoms with Crippen LogP contribution in [-0.4, -0.2) is 46.4 Å². The summed E-state index contributed by atoms with van der Waals surface area (Å²) in [6.45, 7) is 0. The lowest BCUT2D eigenvalue weighted by Gasteiger charge is -2.45. The minimum absolute atomic E-state index is 0.00345. The van der Waals surface area contributed by atoms with E-state index in [4.69, 9.17) is 16.3 Å². The molecule has 3 aromatic rings. The highest BCUT2D eigenvalue weighted by Crippen LogP contribution is 2.37. The Hall–Kier alpha value is -2.56. The number of aryl methyl sites for hydroxylation is 1. The Bertz CT molecular complexity index is 1200. The van der Waals surface area contributed by atoms with E-state index >= 15 is 0 Å². The van der Waals surface area contributed by atoms with E-state index < -0.39 is 18.0 Å². The number of aromatic nitrogens is 2. The predicted octanol–water partition coefficient (Wildman–Crippen LogP) is 6.39. The van der Waals surface area contributed by atoms with E-state index in [2.05, 4.69) is 41.5 Å². The molecule has 0 bridgehead atoms. The number of hydrogen-bond donors (Lipinski definition) is 1. The molecule has 2 heterocycles. The highest BCUT2D eigenvalue weighted by atomic mass is 35.5. The number of amides is 1. The molecule has 194 valence electrons. The summed E-state index contributed by atoms with van der Waals surface area (Å²) in [4.78, 5) is 15.3. The quantitative estimate of drug-likeness (QED) is 0.393. The first-order valence-electron chi connectivity index (χ1n) is 11.6. The van der Waals surface area contributed by atoms with Gasteiger partial charge in [0.15, 0.2) is 5.06 Å². The van der Waals surface area contributed by atoms with Crippen molar-refractivity contribution in [3.05, 3.63) is 58.7 Å². The number of nitrogens with zero attached hydrogens (tertiary/aromatic N) is 3. The van der Waals surface area contributed by atoms with Gasteiger partial charge < -0.3 is 15.0 Å². The molecule has 36 heavy (non-hydrogen) atoms.